The van der Waals surface area contributed by atoms with Crippen LogP contribution in [0.25, 0.3) is 0 Å². The van der Waals surface area contributed by atoms with Gasteiger partial charge in [-0.15, -0.1) is 0 Å². The Morgan fingerprint density at radius 2 is 2.20 bits per heavy atom. The zero-order valence-electron chi connectivity index (χ0n) is 7.46. The molecule has 0 bridgehead atoms. The summed E-state index contributed by atoms with van der Waals surface area (Å²) in [5.74, 6) is -0.0862. The number of phenols is 1. The third kappa shape index (κ3) is 1.96. The lowest BCUT2D eigenvalue weighted by atomic mass is 10.1. The Morgan fingerprint density at radius 3 is 2.80 bits per heavy atom. The van der Waals surface area contributed by atoms with Crippen LogP contribution >= 0.6 is 23.2 Å². The molecule has 1 heterocycles. The summed E-state index contributed by atoms with van der Waals surface area (Å²) in [5.41, 5.74) is 0.457. The maximum atomic E-state index is 10.8. The molecule has 4 nitrogen and oxygen atoms in total. The molecule has 0 spiro atoms. The molecule has 15 heavy (non-hydrogen) atoms. The van der Waals surface area contributed by atoms with Crippen LogP contribution in [0.1, 0.15) is 11.6 Å². The number of halogens is 2. The lowest BCUT2D eigenvalue weighted by Crippen LogP contribution is -2.18. The molecule has 1 aliphatic heterocycles. The van der Waals surface area contributed by atoms with Crippen molar-refractivity contribution in [1.82, 2.24) is 5.32 Å². The van der Waals surface area contributed by atoms with Crippen molar-refractivity contribution in [3.05, 3.63) is 27.7 Å². The van der Waals surface area contributed by atoms with Crippen LogP contribution in [0.15, 0.2) is 12.1 Å². The summed E-state index contributed by atoms with van der Waals surface area (Å²) in [7, 11) is 0. The van der Waals surface area contributed by atoms with Crippen LogP contribution in [0.2, 0.25) is 10.0 Å². The number of hydrogen-bond donors (Lipinski definition) is 2. The van der Waals surface area contributed by atoms with Crippen molar-refractivity contribution in [3.8, 4) is 5.75 Å². The van der Waals surface area contributed by atoms with E-state index >= 15 is 0 Å². The number of carbonyl (C=O) groups is 1. The molecule has 1 aliphatic rings. The number of amides is 1. The first-order valence-electron chi connectivity index (χ1n) is 4.19. The molecule has 6 heteroatoms. The number of aromatic hydroxyl groups is 1. The molecule has 1 saturated heterocycles. The van der Waals surface area contributed by atoms with Crippen molar-refractivity contribution >= 4 is 29.3 Å². The Hall–Kier alpha value is -1.13. The number of hydrogen-bond acceptors (Lipinski definition) is 3. The Bertz CT molecular complexity index is 422. The van der Waals surface area contributed by atoms with Gasteiger partial charge in [0.25, 0.3) is 0 Å². The summed E-state index contributed by atoms with van der Waals surface area (Å²) in [6.45, 7) is 0.156. The molecular formula is C9H7Cl2NO3. The first kappa shape index (κ1) is 10.4. The fourth-order valence-electron chi connectivity index (χ4n) is 1.40. The number of phenolic OH excluding ortho intramolecular Hbond substituents is 1. The molecule has 1 aromatic carbocycles. The molecule has 1 atom stereocenters. The van der Waals surface area contributed by atoms with E-state index in [-0.39, 0.29) is 17.4 Å². The van der Waals surface area contributed by atoms with Crippen molar-refractivity contribution in [3.63, 3.8) is 0 Å². The minimum Gasteiger partial charge on any atom is -0.506 e. The van der Waals surface area contributed by atoms with Gasteiger partial charge in [-0.1, -0.05) is 23.2 Å². The lowest BCUT2D eigenvalue weighted by molar-refractivity contribution is 0.177. The van der Waals surface area contributed by atoms with E-state index in [9.17, 15) is 9.90 Å². The summed E-state index contributed by atoms with van der Waals surface area (Å²) < 4.78 is 4.71. The number of alkyl carbamates (subject to hydrolysis) is 1. The highest BCUT2D eigenvalue weighted by molar-refractivity contribution is 6.35. The molecule has 2 N–H and O–H groups in total. The van der Waals surface area contributed by atoms with E-state index in [1.807, 2.05) is 0 Å². The number of cyclic esters (lactones) is 1. The van der Waals surface area contributed by atoms with E-state index in [2.05, 4.69) is 5.32 Å². The van der Waals surface area contributed by atoms with Gasteiger partial charge in [0.15, 0.2) is 0 Å². The van der Waals surface area contributed by atoms with Gasteiger partial charge in [0.05, 0.1) is 11.1 Å². The van der Waals surface area contributed by atoms with Crippen molar-refractivity contribution in [1.29, 1.82) is 0 Å². The normalized spacial score (nSPS) is 19.9. The fourth-order valence-corrected chi connectivity index (χ4v) is 1.91. The Balaban J connectivity index is 2.39. The summed E-state index contributed by atoms with van der Waals surface area (Å²) in [5, 5.41) is 12.7. The fraction of sp³-hybridized carbons (Fsp3) is 0.222. The first-order chi connectivity index (χ1) is 7.08. The van der Waals surface area contributed by atoms with E-state index in [1.165, 1.54) is 6.07 Å². The Morgan fingerprint density at radius 1 is 1.47 bits per heavy atom. The summed E-state index contributed by atoms with van der Waals surface area (Å²) in [6, 6.07) is 2.57. The number of nitrogens with one attached hydrogen (secondary N) is 1. The standard InChI is InChI=1S/C9H7Cl2NO3/c10-4-1-5(8(13)6(11)2-4)7-3-15-9(14)12-7/h1-2,7,13H,3H2,(H,12,14)/t7-/m1/s1. The predicted octanol–water partition coefficient (Wildman–Crippen LogP) is 2.48. The van der Waals surface area contributed by atoms with Crippen molar-refractivity contribution < 1.29 is 14.6 Å². The largest absolute Gasteiger partial charge is 0.506 e. The number of rotatable bonds is 1. The van der Waals surface area contributed by atoms with E-state index in [0.29, 0.717) is 10.6 Å². The van der Waals surface area contributed by atoms with Crippen molar-refractivity contribution in [2.24, 2.45) is 0 Å². The van der Waals surface area contributed by atoms with Gasteiger partial charge in [-0.05, 0) is 12.1 Å². The zero-order valence-corrected chi connectivity index (χ0v) is 8.97. The van der Waals surface area contributed by atoms with Gasteiger partial charge in [0.1, 0.15) is 12.4 Å². The molecule has 1 fully saturated rings. The molecule has 0 aromatic heterocycles. The third-order valence-corrected chi connectivity index (χ3v) is 2.61. The first-order valence-corrected chi connectivity index (χ1v) is 4.94. The van der Waals surface area contributed by atoms with Crippen LogP contribution in [0.4, 0.5) is 4.79 Å². The van der Waals surface area contributed by atoms with E-state index in [0.717, 1.165) is 0 Å². The van der Waals surface area contributed by atoms with Crippen molar-refractivity contribution in [2.45, 2.75) is 6.04 Å². The molecule has 1 aromatic rings. The minimum atomic E-state index is -0.518. The third-order valence-electron chi connectivity index (χ3n) is 2.11. The summed E-state index contributed by atoms with van der Waals surface area (Å²) in [6.07, 6.45) is -0.518. The SMILES string of the molecule is O=C1N[C@@H](c2cc(Cl)cc(Cl)c2O)CO1. The highest BCUT2D eigenvalue weighted by atomic mass is 35.5. The topological polar surface area (TPSA) is 58.6 Å². The van der Waals surface area contributed by atoms with E-state index < -0.39 is 12.1 Å². The second-order valence-corrected chi connectivity index (χ2v) is 3.96. The van der Waals surface area contributed by atoms with Gasteiger partial charge >= 0.3 is 6.09 Å². The van der Waals surface area contributed by atoms with Crippen LogP contribution in [0.3, 0.4) is 0 Å². The monoisotopic (exact) mass is 247 g/mol. The maximum absolute atomic E-state index is 10.8. The molecule has 2 rings (SSSR count). The molecule has 0 unspecified atom stereocenters. The van der Waals surface area contributed by atoms with Crippen LogP contribution in [-0.2, 0) is 4.74 Å². The minimum absolute atomic E-state index is 0.0862. The van der Waals surface area contributed by atoms with Gasteiger partial charge in [-0.2, -0.15) is 0 Å². The van der Waals surface area contributed by atoms with Gasteiger partial charge in [0, 0.05) is 10.6 Å². The van der Waals surface area contributed by atoms with Crippen LogP contribution in [0, 0.1) is 0 Å². The quantitative estimate of drug-likeness (QED) is 0.802. The Kier molecular flexibility index (Phi) is 2.63. The average molecular weight is 248 g/mol. The molecule has 0 radical (unpaired) electrons. The van der Waals surface area contributed by atoms with Crippen LogP contribution in [-0.4, -0.2) is 17.8 Å². The van der Waals surface area contributed by atoms with Gasteiger partial charge in [0.2, 0.25) is 0 Å². The molecule has 0 saturated carbocycles. The average Bonchev–Trinajstić information content (AvgIpc) is 2.58. The van der Waals surface area contributed by atoms with Crippen LogP contribution in [0.5, 0.6) is 5.75 Å². The van der Waals surface area contributed by atoms with E-state index in [4.69, 9.17) is 27.9 Å². The second-order valence-electron chi connectivity index (χ2n) is 3.12. The molecule has 80 valence electrons. The predicted molar refractivity (Wildman–Crippen MR) is 55.4 cm³/mol. The van der Waals surface area contributed by atoms with Gasteiger partial charge < -0.3 is 15.2 Å². The second kappa shape index (κ2) is 3.79. The smallest absolute Gasteiger partial charge is 0.407 e. The van der Waals surface area contributed by atoms with Crippen molar-refractivity contribution in [2.75, 3.05) is 6.61 Å². The summed E-state index contributed by atoms with van der Waals surface area (Å²) >= 11 is 11.5. The van der Waals surface area contributed by atoms with E-state index in [1.54, 1.807) is 6.07 Å². The molecule has 1 amide bonds. The highest BCUT2D eigenvalue weighted by Gasteiger charge is 2.27. The van der Waals surface area contributed by atoms with Crippen LogP contribution < -0.4 is 5.32 Å². The van der Waals surface area contributed by atoms with Gasteiger partial charge in [-0.25, -0.2) is 4.79 Å². The van der Waals surface area contributed by atoms with Gasteiger partial charge in [-0.3, -0.25) is 0 Å². The number of benzene rings is 1. The zero-order chi connectivity index (χ0) is 11.0. The lowest BCUT2D eigenvalue weighted by Gasteiger charge is -2.11. The summed E-state index contributed by atoms with van der Waals surface area (Å²) in [4.78, 5) is 10.8. The highest BCUT2D eigenvalue weighted by Crippen LogP contribution is 2.35. The number of ether oxygens (including phenoxy) is 1. The maximum Gasteiger partial charge on any atom is 0.407 e. The molecular weight excluding hydrogens is 241 g/mol. The molecule has 0 aliphatic carbocycles. The Labute approximate surface area is 95.7 Å². The number of carbonyl (C=O) groups excluding carboxylic acids is 1.